The molecule has 1 aromatic heterocycles. The molecule has 0 N–H and O–H groups in total. The van der Waals surface area contributed by atoms with Gasteiger partial charge in [-0.15, -0.1) is 0 Å². The molecule has 110 valence electrons. The van der Waals surface area contributed by atoms with Gasteiger partial charge in [-0.1, -0.05) is 28.9 Å². The first-order valence-electron chi connectivity index (χ1n) is 7.46. The Bertz CT molecular complexity index is 628. The average molecular weight is 305 g/mol. The Labute approximate surface area is 128 Å². The minimum Gasteiger partial charge on any atom is -0.381 e. The van der Waals surface area contributed by atoms with Gasteiger partial charge in [-0.25, -0.2) is 0 Å². The number of halogens is 1. The summed E-state index contributed by atoms with van der Waals surface area (Å²) >= 11 is 6.02. The van der Waals surface area contributed by atoms with Crippen LogP contribution in [0.15, 0.2) is 28.8 Å². The minimum absolute atomic E-state index is 0.233. The maximum Gasteiger partial charge on any atom is 0.237 e. The SMILES string of the molecule is Clc1ccc(C2(c3nc(C4CC4)no3)CCOCC2)cc1. The van der Waals surface area contributed by atoms with E-state index in [1.807, 2.05) is 12.1 Å². The number of aromatic nitrogens is 2. The van der Waals surface area contributed by atoms with Gasteiger partial charge in [0.2, 0.25) is 5.89 Å². The second-order valence-corrected chi connectivity index (χ2v) is 6.37. The molecular weight excluding hydrogens is 288 g/mol. The second-order valence-electron chi connectivity index (χ2n) is 5.93. The van der Waals surface area contributed by atoms with Gasteiger partial charge < -0.3 is 9.26 Å². The van der Waals surface area contributed by atoms with Gasteiger partial charge >= 0.3 is 0 Å². The van der Waals surface area contributed by atoms with E-state index < -0.39 is 0 Å². The topological polar surface area (TPSA) is 48.2 Å². The van der Waals surface area contributed by atoms with Crippen molar-refractivity contribution in [3.63, 3.8) is 0 Å². The number of nitrogens with zero attached hydrogens (tertiary/aromatic N) is 2. The van der Waals surface area contributed by atoms with Gasteiger partial charge in [-0.2, -0.15) is 4.98 Å². The van der Waals surface area contributed by atoms with Gasteiger partial charge in [0.15, 0.2) is 5.82 Å². The first kappa shape index (κ1) is 13.3. The zero-order valence-electron chi connectivity index (χ0n) is 11.7. The molecule has 21 heavy (non-hydrogen) atoms. The molecule has 4 nitrogen and oxygen atoms in total. The van der Waals surface area contributed by atoms with Crippen LogP contribution < -0.4 is 0 Å². The standard InChI is InChI=1S/C16H17ClN2O2/c17-13-5-3-12(4-6-13)16(7-9-20-10-8-16)15-18-14(19-21-15)11-1-2-11/h3-6,11H,1-2,7-10H2. The molecule has 0 atom stereocenters. The lowest BCUT2D eigenvalue weighted by Crippen LogP contribution is -2.35. The van der Waals surface area contributed by atoms with Crippen LogP contribution in [-0.2, 0) is 10.2 Å². The Hall–Kier alpha value is -1.39. The summed E-state index contributed by atoms with van der Waals surface area (Å²) in [7, 11) is 0. The van der Waals surface area contributed by atoms with E-state index in [1.165, 1.54) is 18.4 Å². The van der Waals surface area contributed by atoms with Crippen LogP contribution in [0.25, 0.3) is 0 Å². The molecule has 5 heteroatoms. The van der Waals surface area contributed by atoms with Crippen LogP contribution in [0.3, 0.4) is 0 Å². The van der Waals surface area contributed by atoms with E-state index in [0.29, 0.717) is 19.1 Å². The highest BCUT2D eigenvalue weighted by molar-refractivity contribution is 6.30. The van der Waals surface area contributed by atoms with E-state index in [9.17, 15) is 0 Å². The summed E-state index contributed by atoms with van der Waals surface area (Å²) < 4.78 is 11.2. The van der Waals surface area contributed by atoms with Crippen molar-refractivity contribution in [3.8, 4) is 0 Å². The average Bonchev–Trinajstić information content (AvgIpc) is 3.26. The van der Waals surface area contributed by atoms with Gasteiger partial charge in [0, 0.05) is 24.2 Å². The lowest BCUT2D eigenvalue weighted by atomic mass is 9.74. The molecule has 0 bridgehead atoms. The number of hydrogen-bond acceptors (Lipinski definition) is 4. The number of rotatable bonds is 3. The van der Waals surface area contributed by atoms with Crippen LogP contribution in [0.5, 0.6) is 0 Å². The lowest BCUT2D eigenvalue weighted by Gasteiger charge is -2.34. The molecule has 1 saturated carbocycles. The third kappa shape index (κ3) is 2.36. The maximum absolute atomic E-state index is 6.02. The molecule has 0 radical (unpaired) electrons. The van der Waals surface area contributed by atoms with Crippen molar-refractivity contribution in [1.82, 2.24) is 10.1 Å². The van der Waals surface area contributed by atoms with Gasteiger partial charge in [-0.3, -0.25) is 0 Å². The first-order valence-corrected chi connectivity index (χ1v) is 7.84. The Morgan fingerprint density at radius 1 is 1.10 bits per heavy atom. The third-order valence-electron chi connectivity index (χ3n) is 4.54. The summed E-state index contributed by atoms with van der Waals surface area (Å²) in [5.74, 6) is 2.10. The summed E-state index contributed by atoms with van der Waals surface area (Å²) in [6.45, 7) is 1.42. The van der Waals surface area contributed by atoms with Crippen molar-refractivity contribution in [2.24, 2.45) is 0 Å². The molecule has 2 aromatic rings. The summed E-state index contributed by atoms with van der Waals surface area (Å²) in [6.07, 6.45) is 4.08. The van der Waals surface area contributed by atoms with E-state index in [0.717, 1.165) is 29.6 Å². The van der Waals surface area contributed by atoms with Crippen LogP contribution in [0.2, 0.25) is 5.02 Å². The number of ether oxygens (including phenoxy) is 1. The van der Waals surface area contributed by atoms with Crippen LogP contribution in [-0.4, -0.2) is 23.4 Å². The van der Waals surface area contributed by atoms with Crippen molar-refractivity contribution in [2.75, 3.05) is 13.2 Å². The zero-order valence-corrected chi connectivity index (χ0v) is 12.5. The highest BCUT2D eigenvalue weighted by Gasteiger charge is 2.42. The Kier molecular flexibility index (Phi) is 3.23. The van der Waals surface area contributed by atoms with Crippen LogP contribution >= 0.6 is 11.6 Å². The highest BCUT2D eigenvalue weighted by Crippen LogP contribution is 2.43. The molecule has 0 unspecified atom stereocenters. The molecule has 2 aliphatic rings. The quantitative estimate of drug-likeness (QED) is 0.867. The maximum atomic E-state index is 6.02. The molecule has 2 heterocycles. The first-order chi connectivity index (χ1) is 10.3. The smallest absolute Gasteiger partial charge is 0.237 e. The third-order valence-corrected chi connectivity index (χ3v) is 4.79. The largest absolute Gasteiger partial charge is 0.381 e. The van der Waals surface area contributed by atoms with Gasteiger partial charge in [-0.05, 0) is 43.4 Å². The summed E-state index contributed by atoms with van der Waals surface area (Å²) in [5.41, 5.74) is 0.949. The van der Waals surface area contributed by atoms with E-state index >= 15 is 0 Å². The normalized spacial score (nSPS) is 21.4. The highest BCUT2D eigenvalue weighted by atomic mass is 35.5. The summed E-state index contributed by atoms with van der Waals surface area (Å²) in [4.78, 5) is 4.70. The van der Waals surface area contributed by atoms with E-state index in [-0.39, 0.29) is 5.41 Å². The van der Waals surface area contributed by atoms with Gasteiger partial charge in [0.05, 0.1) is 5.41 Å². The van der Waals surface area contributed by atoms with Crippen molar-refractivity contribution in [2.45, 2.75) is 37.0 Å². The molecule has 1 aliphatic heterocycles. The summed E-state index contributed by atoms with van der Waals surface area (Å²) in [6, 6.07) is 7.97. The monoisotopic (exact) mass is 304 g/mol. The number of benzene rings is 1. The molecule has 1 aromatic carbocycles. The van der Waals surface area contributed by atoms with E-state index in [1.54, 1.807) is 0 Å². The van der Waals surface area contributed by atoms with Crippen LogP contribution in [0, 0.1) is 0 Å². The molecule has 0 spiro atoms. The Morgan fingerprint density at radius 3 is 2.48 bits per heavy atom. The van der Waals surface area contributed by atoms with Crippen molar-refractivity contribution in [3.05, 3.63) is 46.6 Å². The van der Waals surface area contributed by atoms with Crippen molar-refractivity contribution >= 4 is 11.6 Å². The van der Waals surface area contributed by atoms with E-state index in [4.69, 9.17) is 25.8 Å². The number of hydrogen-bond donors (Lipinski definition) is 0. The van der Waals surface area contributed by atoms with E-state index in [2.05, 4.69) is 17.3 Å². The Balaban J connectivity index is 1.76. The van der Waals surface area contributed by atoms with Gasteiger partial charge in [0.1, 0.15) is 0 Å². The molecule has 2 fully saturated rings. The lowest BCUT2D eigenvalue weighted by molar-refractivity contribution is 0.0523. The predicted octanol–water partition coefficient (Wildman–Crippen LogP) is 3.70. The van der Waals surface area contributed by atoms with Crippen LogP contribution in [0.1, 0.15) is 48.9 Å². The van der Waals surface area contributed by atoms with Gasteiger partial charge in [0.25, 0.3) is 0 Å². The Morgan fingerprint density at radius 2 is 1.81 bits per heavy atom. The van der Waals surface area contributed by atoms with Crippen LogP contribution in [0.4, 0.5) is 0 Å². The fraction of sp³-hybridized carbons (Fsp3) is 0.500. The van der Waals surface area contributed by atoms with Crippen molar-refractivity contribution < 1.29 is 9.26 Å². The second kappa shape index (κ2) is 5.11. The molecular formula is C16H17ClN2O2. The molecule has 1 saturated heterocycles. The fourth-order valence-corrected chi connectivity index (χ4v) is 3.18. The summed E-state index contributed by atoms with van der Waals surface area (Å²) in [5, 5.41) is 4.93. The molecule has 4 rings (SSSR count). The molecule has 1 aliphatic carbocycles. The zero-order chi connectivity index (χ0) is 14.3. The van der Waals surface area contributed by atoms with Crippen molar-refractivity contribution in [1.29, 1.82) is 0 Å². The fourth-order valence-electron chi connectivity index (χ4n) is 3.05. The minimum atomic E-state index is -0.233. The predicted molar refractivity (Wildman–Crippen MR) is 78.6 cm³/mol. The molecule has 0 amide bonds.